The first kappa shape index (κ1) is 15.7. The molecule has 1 heterocycles. The van der Waals surface area contributed by atoms with E-state index in [2.05, 4.69) is 30.6 Å². The molecule has 1 aromatic heterocycles. The third-order valence-corrected chi connectivity index (χ3v) is 4.96. The fourth-order valence-electron chi connectivity index (χ4n) is 3.78. The Bertz CT molecular complexity index is 1590. The molecule has 5 heteroatoms. The maximum absolute atomic E-state index is 7.73. The Balaban J connectivity index is 2.21. The molecule has 0 radical (unpaired) electrons. The van der Waals surface area contributed by atoms with Gasteiger partial charge in [-0.25, -0.2) is 0 Å². The summed E-state index contributed by atoms with van der Waals surface area (Å²) in [5.41, 5.74) is 1.81. The molecule has 4 aromatic carbocycles. The van der Waals surface area contributed by atoms with Crippen LogP contribution in [-0.4, -0.2) is 9.97 Å². The SMILES string of the molecule is [C-]#[N+]c1cc2c3nccnc3c3cc4ccccc4cc3c2c([N+]#[C-])c1[N+]#[C-]. The van der Waals surface area contributed by atoms with Crippen molar-refractivity contribution in [2.24, 2.45) is 0 Å². The van der Waals surface area contributed by atoms with Gasteiger partial charge in [0.05, 0.1) is 30.7 Å². The van der Waals surface area contributed by atoms with E-state index in [1.807, 2.05) is 30.3 Å². The van der Waals surface area contributed by atoms with Gasteiger partial charge in [-0.3, -0.25) is 24.5 Å². The summed E-state index contributed by atoms with van der Waals surface area (Å²) in [7, 11) is 0. The molecule has 0 saturated carbocycles. The Morgan fingerprint density at radius 3 is 1.86 bits per heavy atom. The van der Waals surface area contributed by atoms with Gasteiger partial charge in [0.1, 0.15) is 0 Å². The van der Waals surface area contributed by atoms with Crippen molar-refractivity contribution in [2.75, 3.05) is 0 Å². The first-order valence-electron chi connectivity index (χ1n) is 8.45. The van der Waals surface area contributed by atoms with Crippen LogP contribution < -0.4 is 0 Å². The van der Waals surface area contributed by atoms with E-state index >= 15 is 0 Å². The van der Waals surface area contributed by atoms with Gasteiger partial charge in [-0.15, -0.1) is 0 Å². The molecule has 5 aromatic rings. The molecule has 126 valence electrons. The summed E-state index contributed by atoms with van der Waals surface area (Å²) >= 11 is 0. The summed E-state index contributed by atoms with van der Waals surface area (Å²) in [6.45, 7) is 22.7. The van der Waals surface area contributed by atoms with Crippen LogP contribution in [0.2, 0.25) is 0 Å². The van der Waals surface area contributed by atoms with Crippen molar-refractivity contribution in [3.63, 3.8) is 0 Å². The monoisotopic (exact) mass is 355 g/mol. The molecule has 28 heavy (non-hydrogen) atoms. The molecule has 0 aliphatic rings. The summed E-state index contributed by atoms with van der Waals surface area (Å²) in [5, 5.41) is 5.15. The lowest BCUT2D eigenvalue weighted by Gasteiger charge is -2.13. The quantitative estimate of drug-likeness (QED) is 0.175. The highest BCUT2D eigenvalue weighted by Gasteiger charge is 2.20. The van der Waals surface area contributed by atoms with Crippen LogP contribution in [0.1, 0.15) is 0 Å². The van der Waals surface area contributed by atoms with Crippen molar-refractivity contribution in [2.45, 2.75) is 0 Å². The zero-order chi connectivity index (χ0) is 19.3. The second-order valence-electron chi connectivity index (χ2n) is 6.35. The molecule has 0 saturated heterocycles. The lowest BCUT2D eigenvalue weighted by Crippen LogP contribution is -1.89. The van der Waals surface area contributed by atoms with Crippen LogP contribution in [0.4, 0.5) is 17.1 Å². The average molecular weight is 355 g/mol. The van der Waals surface area contributed by atoms with Gasteiger partial charge >= 0.3 is 0 Å². The summed E-state index contributed by atoms with van der Waals surface area (Å²) in [6, 6.07) is 13.7. The second-order valence-corrected chi connectivity index (χ2v) is 6.35. The van der Waals surface area contributed by atoms with Crippen LogP contribution in [0.15, 0.2) is 54.9 Å². The van der Waals surface area contributed by atoms with Crippen LogP contribution in [0.5, 0.6) is 0 Å². The zero-order valence-electron chi connectivity index (χ0n) is 14.4. The van der Waals surface area contributed by atoms with Gasteiger partial charge in [0.25, 0.3) is 0 Å². The van der Waals surface area contributed by atoms with Crippen molar-refractivity contribution in [1.29, 1.82) is 0 Å². The summed E-state index contributed by atoms with van der Waals surface area (Å²) in [5.74, 6) is 0. The van der Waals surface area contributed by atoms with E-state index in [0.29, 0.717) is 16.3 Å². The number of rotatable bonds is 0. The Morgan fingerprint density at radius 2 is 1.25 bits per heavy atom. The van der Waals surface area contributed by atoms with E-state index in [1.54, 1.807) is 18.5 Å². The lowest BCUT2D eigenvalue weighted by atomic mass is 9.94. The topological polar surface area (TPSA) is 38.9 Å². The van der Waals surface area contributed by atoms with E-state index in [4.69, 9.17) is 19.7 Å². The molecule has 0 unspecified atom stereocenters. The maximum atomic E-state index is 7.73. The van der Waals surface area contributed by atoms with Crippen molar-refractivity contribution in [3.05, 3.63) is 89.1 Å². The first-order chi connectivity index (χ1) is 13.8. The molecule has 0 N–H and O–H groups in total. The number of nitrogens with zero attached hydrogens (tertiary/aromatic N) is 5. The predicted molar refractivity (Wildman–Crippen MR) is 111 cm³/mol. The van der Waals surface area contributed by atoms with E-state index in [0.717, 1.165) is 27.1 Å². The van der Waals surface area contributed by atoms with E-state index in [1.165, 1.54) is 0 Å². The minimum atomic E-state index is 0.0928. The zero-order valence-corrected chi connectivity index (χ0v) is 14.4. The molecule has 0 fully saturated rings. The van der Waals surface area contributed by atoms with E-state index in [-0.39, 0.29) is 17.1 Å². The standard InChI is InChI=1S/C23H9N5/c1-24-18-12-17-19(23(26-3)22(18)25-2)15-10-13-6-4-5-7-14(13)11-16(15)20-21(17)28-9-8-27-20/h4-12H. The first-order valence-corrected chi connectivity index (χ1v) is 8.45. The molecule has 0 bridgehead atoms. The lowest BCUT2D eigenvalue weighted by molar-refractivity contribution is 1.31. The third-order valence-electron chi connectivity index (χ3n) is 4.96. The van der Waals surface area contributed by atoms with E-state index in [9.17, 15) is 0 Å². The number of aromatic nitrogens is 2. The molecule has 0 amide bonds. The highest BCUT2D eigenvalue weighted by atomic mass is 14.8. The molecule has 0 atom stereocenters. The van der Waals surface area contributed by atoms with Crippen LogP contribution in [0.3, 0.4) is 0 Å². The van der Waals surface area contributed by atoms with Crippen molar-refractivity contribution >= 4 is 60.4 Å². The van der Waals surface area contributed by atoms with Crippen molar-refractivity contribution < 1.29 is 0 Å². The molecule has 5 nitrogen and oxygen atoms in total. The molecule has 0 spiro atoms. The Hall–Kier alpha value is -4.53. The fraction of sp³-hybridized carbons (Fsp3) is 0. The number of hydrogen-bond acceptors (Lipinski definition) is 2. The summed E-state index contributed by atoms with van der Waals surface area (Å²) in [4.78, 5) is 19.7. The highest BCUT2D eigenvalue weighted by molar-refractivity contribution is 6.30. The van der Waals surface area contributed by atoms with Gasteiger partial charge in [-0.05, 0) is 39.1 Å². The van der Waals surface area contributed by atoms with Crippen LogP contribution in [0.25, 0.3) is 57.9 Å². The molecular weight excluding hydrogens is 346 g/mol. The number of fused-ring (bicyclic) bond motifs is 7. The third kappa shape index (κ3) is 1.98. The normalized spacial score (nSPS) is 10.8. The van der Waals surface area contributed by atoms with Crippen LogP contribution >= 0.6 is 0 Å². The van der Waals surface area contributed by atoms with E-state index < -0.39 is 0 Å². The molecular formula is C23H9N5. The smallest absolute Gasteiger partial charge is 0.201 e. The minimum Gasteiger partial charge on any atom is -0.262 e. The van der Waals surface area contributed by atoms with Gasteiger partial charge in [0.15, 0.2) is 11.4 Å². The molecule has 0 aliphatic carbocycles. The van der Waals surface area contributed by atoms with Crippen LogP contribution in [0, 0.1) is 19.7 Å². The van der Waals surface area contributed by atoms with Crippen LogP contribution in [-0.2, 0) is 0 Å². The second kappa shape index (κ2) is 5.74. The Kier molecular flexibility index (Phi) is 3.22. The molecule has 0 aliphatic heterocycles. The number of hydrogen-bond donors (Lipinski definition) is 0. The minimum absolute atomic E-state index is 0.0928. The summed E-state index contributed by atoms with van der Waals surface area (Å²) < 4.78 is 0. The fourth-order valence-corrected chi connectivity index (χ4v) is 3.78. The van der Waals surface area contributed by atoms with Gasteiger partial charge < -0.3 is 0 Å². The number of benzene rings is 4. The largest absolute Gasteiger partial charge is 0.262 e. The van der Waals surface area contributed by atoms with Crippen molar-refractivity contribution in [1.82, 2.24) is 9.97 Å². The Labute approximate surface area is 159 Å². The maximum Gasteiger partial charge on any atom is 0.201 e. The molecule has 5 rings (SSSR count). The van der Waals surface area contributed by atoms with Gasteiger partial charge in [0.2, 0.25) is 5.69 Å². The van der Waals surface area contributed by atoms with Gasteiger partial charge in [0, 0.05) is 17.8 Å². The summed E-state index contributed by atoms with van der Waals surface area (Å²) in [6.07, 6.45) is 3.24. The van der Waals surface area contributed by atoms with Gasteiger partial charge in [-0.1, -0.05) is 30.3 Å². The van der Waals surface area contributed by atoms with Crippen molar-refractivity contribution in [3.8, 4) is 0 Å². The van der Waals surface area contributed by atoms with Gasteiger partial charge in [-0.2, -0.15) is 0 Å². The highest BCUT2D eigenvalue weighted by Crippen LogP contribution is 2.48. The Morgan fingerprint density at radius 1 is 0.643 bits per heavy atom. The predicted octanol–water partition coefficient (Wildman–Crippen LogP) is 6.74. The average Bonchev–Trinajstić information content (AvgIpc) is 2.76.